The van der Waals surface area contributed by atoms with E-state index in [1.165, 1.54) is 18.3 Å². The van der Waals surface area contributed by atoms with Crippen LogP contribution in [-0.2, 0) is 4.79 Å². The molecule has 0 aliphatic carbocycles. The van der Waals surface area contributed by atoms with E-state index in [0.29, 0.717) is 21.2 Å². The molecule has 2 aromatic carbocycles. The summed E-state index contributed by atoms with van der Waals surface area (Å²) < 4.78 is 0. The molecule has 0 fully saturated rings. The number of benzene rings is 2. The molecule has 0 bridgehead atoms. The van der Waals surface area contributed by atoms with Gasteiger partial charge in [-0.1, -0.05) is 47.7 Å². The number of hydrogen-bond acceptors (Lipinski definition) is 8. The van der Waals surface area contributed by atoms with Gasteiger partial charge < -0.3 is 5.32 Å². The maximum absolute atomic E-state index is 13.1. The zero-order chi connectivity index (χ0) is 24.1. The van der Waals surface area contributed by atoms with Crippen LogP contribution < -0.4 is 16.3 Å². The van der Waals surface area contributed by atoms with Gasteiger partial charge in [-0.3, -0.25) is 24.5 Å². The average molecular weight is 476 g/mol. The summed E-state index contributed by atoms with van der Waals surface area (Å²) in [7, 11) is 0. The van der Waals surface area contributed by atoms with Crippen LogP contribution in [0.15, 0.2) is 76.6 Å². The first kappa shape index (κ1) is 22.5. The molecule has 0 aliphatic heterocycles. The predicted molar refractivity (Wildman–Crippen MR) is 126 cm³/mol. The fourth-order valence-electron chi connectivity index (χ4n) is 3.15. The van der Waals surface area contributed by atoms with Crippen molar-refractivity contribution in [3.8, 4) is 0 Å². The normalized spacial score (nSPS) is 11.9. The number of thiophene rings is 1. The average Bonchev–Trinajstić information content (AvgIpc) is 3.33. The summed E-state index contributed by atoms with van der Waals surface area (Å²) in [6, 6.07) is 16.4. The van der Waals surface area contributed by atoms with Crippen molar-refractivity contribution in [1.82, 2.24) is 20.9 Å². The minimum atomic E-state index is -1.30. The van der Waals surface area contributed by atoms with Gasteiger partial charge in [0.25, 0.3) is 17.4 Å². The molecular formula is C22H16N6O5S. The number of aromatic nitrogens is 2. The number of hydrogen-bond donors (Lipinski definition) is 3. The molecular weight excluding hydrogens is 460 g/mol. The number of aromatic amines is 1. The molecule has 2 amide bonds. The smallest absolute Gasteiger partial charge is 0.324 e. The molecule has 0 unspecified atom stereocenters. The van der Waals surface area contributed by atoms with Crippen LogP contribution in [0.4, 0.5) is 5.00 Å². The minimum absolute atomic E-state index is 0.0651. The Bertz CT molecular complexity index is 1460. The number of rotatable bonds is 7. The topological polar surface area (TPSA) is 159 Å². The lowest BCUT2D eigenvalue weighted by molar-refractivity contribution is -0.380. The van der Waals surface area contributed by atoms with Crippen LogP contribution in [0, 0.1) is 10.1 Å². The highest BCUT2D eigenvalue weighted by Crippen LogP contribution is 2.23. The van der Waals surface area contributed by atoms with Crippen LogP contribution in [0.1, 0.15) is 27.0 Å². The Hall–Kier alpha value is -4.71. The second-order valence-electron chi connectivity index (χ2n) is 6.92. The molecule has 170 valence electrons. The van der Waals surface area contributed by atoms with Gasteiger partial charge in [0.05, 0.1) is 21.4 Å². The van der Waals surface area contributed by atoms with Gasteiger partial charge in [-0.15, -0.1) is 0 Å². The Morgan fingerprint density at radius 1 is 1.06 bits per heavy atom. The monoisotopic (exact) mass is 476 g/mol. The van der Waals surface area contributed by atoms with E-state index in [9.17, 15) is 24.5 Å². The first-order valence-corrected chi connectivity index (χ1v) is 10.7. The van der Waals surface area contributed by atoms with Gasteiger partial charge in [-0.25, -0.2) is 10.5 Å². The maximum Gasteiger partial charge on any atom is 0.324 e. The Balaban J connectivity index is 1.65. The van der Waals surface area contributed by atoms with Crippen molar-refractivity contribution in [2.24, 2.45) is 5.10 Å². The maximum atomic E-state index is 13.1. The summed E-state index contributed by atoms with van der Waals surface area (Å²) in [6.45, 7) is 0. The lowest BCUT2D eigenvalue weighted by atomic mass is 10.0. The lowest BCUT2D eigenvalue weighted by Gasteiger charge is -2.18. The van der Waals surface area contributed by atoms with E-state index in [0.717, 1.165) is 11.3 Å². The largest absolute Gasteiger partial charge is 0.335 e. The number of H-pyrrole nitrogens is 1. The summed E-state index contributed by atoms with van der Waals surface area (Å²) in [6.07, 6.45) is 1.25. The van der Waals surface area contributed by atoms with Gasteiger partial charge in [0, 0.05) is 17.0 Å². The van der Waals surface area contributed by atoms with E-state index in [1.807, 2.05) is 0 Å². The van der Waals surface area contributed by atoms with Crippen molar-refractivity contribution in [3.05, 3.63) is 103 Å². The van der Waals surface area contributed by atoms with Gasteiger partial charge in [-0.2, -0.15) is 10.2 Å². The third kappa shape index (κ3) is 4.86. The first-order valence-electron chi connectivity index (χ1n) is 9.84. The third-order valence-corrected chi connectivity index (χ3v) is 5.70. The number of hydrazone groups is 1. The molecule has 3 N–H and O–H groups in total. The van der Waals surface area contributed by atoms with Crippen molar-refractivity contribution < 1.29 is 14.5 Å². The molecule has 2 heterocycles. The van der Waals surface area contributed by atoms with Crippen LogP contribution >= 0.6 is 11.3 Å². The molecule has 4 rings (SSSR count). The van der Waals surface area contributed by atoms with Crippen molar-refractivity contribution in [2.75, 3.05) is 0 Å². The molecule has 0 radical (unpaired) electrons. The molecule has 12 heteroatoms. The van der Waals surface area contributed by atoms with Crippen LogP contribution in [-0.4, -0.2) is 33.1 Å². The van der Waals surface area contributed by atoms with Crippen LogP contribution in [0.5, 0.6) is 0 Å². The Morgan fingerprint density at radius 2 is 1.76 bits per heavy atom. The number of nitro groups is 1. The molecule has 11 nitrogen and oxygen atoms in total. The minimum Gasteiger partial charge on any atom is -0.335 e. The third-order valence-electron chi connectivity index (χ3n) is 4.73. The molecule has 0 saturated carbocycles. The number of carbonyl (C=O) groups excluding carboxylic acids is 2. The highest BCUT2D eigenvalue weighted by atomic mass is 32.1. The quantitative estimate of drug-likeness (QED) is 0.211. The molecule has 0 saturated heterocycles. The number of nitrogens with zero attached hydrogens (tertiary/aromatic N) is 3. The molecule has 0 aliphatic rings. The highest BCUT2D eigenvalue weighted by Gasteiger charge is 2.27. The zero-order valence-electron chi connectivity index (χ0n) is 17.3. The predicted octanol–water partition coefficient (Wildman–Crippen LogP) is 2.51. The van der Waals surface area contributed by atoms with Gasteiger partial charge in [0.15, 0.2) is 6.04 Å². The van der Waals surface area contributed by atoms with Gasteiger partial charge >= 0.3 is 5.00 Å². The van der Waals surface area contributed by atoms with E-state index >= 15 is 0 Å². The SMILES string of the molecule is O=C(N[C@@H](C(=O)NN=Cc1ccc([N+](=O)[O-])s1)c1n[nH]c(=O)c2ccccc12)c1ccccc1. The van der Waals surface area contributed by atoms with Gasteiger partial charge in [0.1, 0.15) is 5.69 Å². The van der Waals surface area contributed by atoms with Crippen LogP contribution in [0.2, 0.25) is 0 Å². The standard InChI is InChI=1S/C22H16N6O5S/c29-20(13-6-2-1-3-7-13)24-19(18-15-8-4-5-9-16(15)21(30)27-25-18)22(31)26-23-12-14-10-11-17(34-14)28(32)33/h1-12,19H,(H,24,29)(H,26,31)(H,27,30)/t19-/m1/s1. The molecule has 1 atom stereocenters. The fourth-order valence-corrected chi connectivity index (χ4v) is 3.85. The van der Waals surface area contributed by atoms with Crippen molar-refractivity contribution >= 4 is 45.1 Å². The lowest BCUT2D eigenvalue weighted by Crippen LogP contribution is -2.40. The van der Waals surface area contributed by atoms with E-state index in [-0.39, 0.29) is 10.7 Å². The second-order valence-corrected chi connectivity index (χ2v) is 8.02. The summed E-state index contributed by atoms with van der Waals surface area (Å²) in [5.41, 5.74) is 2.33. The molecule has 34 heavy (non-hydrogen) atoms. The van der Waals surface area contributed by atoms with E-state index in [2.05, 4.69) is 26.0 Å². The highest BCUT2D eigenvalue weighted by molar-refractivity contribution is 7.16. The number of fused-ring (bicyclic) bond motifs is 1. The number of carbonyl (C=O) groups is 2. The molecule has 2 aromatic heterocycles. The van der Waals surface area contributed by atoms with Gasteiger partial charge in [-0.05, 0) is 24.3 Å². The first-order chi connectivity index (χ1) is 16.4. The Labute approximate surface area is 195 Å². The molecule has 0 spiro atoms. The van der Waals surface area contributed by atoms with E-state index in [1.54, 1.807) is 54.6 Å². The van der Waals surface area contributed by atoms with Gasteiger partial charge in [0.2, 0.25) is 0 Å². The van der Waals surface area contributed by atoms with E-state index < -0.39 is 28.3 Å². The van der Waals surface area contributed by atoms with Crippen LogP contribution in [0.3, 0.4) is 0 Å². The summed E-state index contributed by atoms with van der Waals surface area (Å²) >= 11 is 0.887. The summed E-state index contributed by atoms with van der Waals surface area (Å²) in [4.78, 5) is 48.8. The van der Waals surface area contributed by atoms with Crippen molar-refractivity contribution in [1.29, 1.82) is 0 Å². The molecule has 4 aromatic rings. The zero-order valence-corrected chi connectivity index (χ0v) is 18.1. The number of amides is 2. The van der Waals surface area contributed by atoms with Crippen LogP contribution in [0.25, 0.3) is 10.8 Å². The van der Waals surface area contributed by atoms with Crippen molar-refractivity contribution in [2.45, 2.75) is 6.04 Å². The summed E-state index contributed by atoms with van der Waals surface area (Å²) in [5, 5.41) is 24.3. The van der Waals surface area contributed by atoms with E-state index in [4.69, 9.17) is 0 Å². The fraction of sp³-hybridized carbons (Fsp3) is 0.0455. The van der Waals surface area contributed by atoms with Crippen molar-refractivity contribution in [3.63, 3.8) is 0 Å². The Kier molecular flexibility index (Phi) is 6.50. The summed E-state index contributed by atoms with van der Waals surface area (Å²) in [5.74, 6) is -1.26. The number of nitrogens with one attached hydrogen (secondary N) is 3. The second kappa shape index (κ2) is 9.83. The Morgan fingerprint density at radius 3 is 2.47 bits per heavy atom.